The summed E-state index contributed by atoms with van der Waals surface area (Å²) in [7, 11) is 0. The van der Waals surface area contributed by atoms with Gasteiger partial charge in [-0.05, 0) is 79.7 Å². The minimum Gasteiger partial charge on any atom is -0.207 e. The van der Waals surface area contributed by atoms with E-state index in [1.165, 1.54) is 37.7 Å². The molecular weight excluding hydrogens is 331 g/mol. The third kappa shape index (κ3) is 5.23. The molecule has 0 aliphatic heterocycles. The van der Waals surface area contributed by atoms with Crippen LogP contribution < -0.4 is 0 Å². The molecule has 142 valence electrons. The van der Waals surface area contributed by atoms with E-state index in [-0.39, 0.29) is 5.82 Å². The molecule has 0 radical (unpaired) electrons. The van der Waals surface area contributed by atoms with Crippen LogP contribution in [0.1, 0.15) is 75.8 Å². The Morgan fingerprint density at radius 3 is 2.26 bits per heavy atom. The third-order valence-electron chi connectivity index (χ3n) is 5.89. The molecule has 2 aromatic rings. The predicted octanol–water partition coefficient (Wildman–Crippen LogP) is 7.52. The third-order valence-corrected chi connectivity index (χ3v) is 5.89. The second-order valence-corrected chi connectivity index (χ2v) is 7.83. The van der Waals surface area contributed by atoms with E-state index in [9.17, 15) is 4.39 Å². The number of halogens is 1. The molecule has 0 amide bonds. The van der Waals surface area contributed by atoms with Crippen molar-refractivity contribution in [2.75, 3.05) is 0 Å². The predicted molar refractivity (Wildman–Crippen MR) is 113 cm³/mol. The lowest BCUT2D eigenvalue weighted by atomic mass is 9.79. The maximum atomic E-state index is 14.4. The summed E-state index contributed by atoms with van der Waals surface area (Å²) in [6, 6.07) is 14.5. The SMILES string of the molecule is CC#C[C@H]1CC[C@H](c2ccc(-c3ccc(CCCCC)c(F)c3)cc2)CC1. The minimum absolute atomic E-state index is 0.0666. The molecule has 0 N–H and O–H groups in total. The second kappa shape index (κ2) is 9.75. The van der Waals surface area contributed by atoms with Crippen molar-refractivity contribution in [1.29, 1.82) is 0 Å². The van der Waals surface area contributed by atoms with Crippen molar-refractivity contribution in [3.8, 4) is 23.0 Å². The van der Waals surface area contributed by atoms with Gasteiger partial charge in [-0.2, -0.15) is 0 Å². The summed E-state index contributed by atoms with van der Waals surface area (Å²) in [5.41, 5.74) is 4.33. The van der Waals surface area contributed by atoms with Crippen LogP contribution >= 0.6 is 0 Å². The van der Waals surface area contributed by atoms with E-state index < -0.39 is 0 Å². The van der Waals surface area contributed by atoms with Crippen molar-refractivity contribution >= 4 is 0 Å². The zero-order valence-electron chi connectivity index (χ0n) is 16.7. The van der Waals surface area contributed by atoms with E-state index in [0.717, 1.165) is 36.0 Å². The van der Waals surface area contributed by atoms with E-state index in [2.05, 4.69) is 49.1 Å². The molecule has 27 heavy (non-hydrogen) atoms. The highest BCUT2D eigenvalue weighted by Gasteiger charge is 2.21. The molecule has 0 spiro atoms. The summed E-state index contributed by atoms with van der Waals surface area (Å²) >= 11 is 0. The van der Waals surface area contributed by atoms with Crippen molar-refractivity contribution in [3.63, 3.8) is 0 Å². The summed E-state index contributed by atoms with van der Waals surface area (Å²) in [5.74, 6) is 7.55. The maximum Gasteiger partial charge on any atom is 0.127 e. The molecule has 0 nitrogen and oxygen atoms in total. The Morgan fingerprint density at radius 1 is 0.926 bits per heavy atom. The van der Waals surface area contributed by atoms with Gasteiger partial charge >= 0.3 is 0 Å². The van der Waals surface area contributed by atoms with Crippen LogP contribution in [0.5, 0.6) is 0 Å². The molecule has 2 aromatic carbocycles. The van der Waals surface area contributed by atoms with Crippen LogP contribution in [0.25, 0.3) is 11.1 Å². The lowest BCUT2D eigenvalue weighted by Gasteiger charge is -2.26. The Bertz CT molecular complexity index is 783. The fourth-order valence-electron chi connectivity index (χ4n) is 4.22. The molecule has 3 rings (SSSR count). The van der Waals surface area contributed by atoms with E-state index in [0.29, 0.717) is 11.8 Å². The first kappa shape index (κ1) is 19.7. The fourth-order valence-corrected chi connectivity index (χ4v) is 4.22. The van der Waals surface area contributed by atoms with Crippen LogP contribution in [0.2, 0.25) is 0 Å². The van der Waals surface area contributed by atoms with Crippen LogP contribution in [-0.2, 0) is 6.42 Å². The van der Waals surface area contributed by atoms with Crippen molar-refractivity contribution in [2.24, 2.45) is 5.92 Å². The van der Waals surface area contributed by atoms with Crippen molar-refractivity contribution in [1.82, 2.24) is 0 Å². The fraction of sp³-hybridized carbons (Fsp3) is 0.462. The number of benzene rings is 2. The van der Waals surface area contributed by atoms with Gasteiger partial charge in [0, 0.05) is 5.92 Å². The van der Waals surface area contributed by atoms with Crippen molar-refractivity contribution in [2.45, 2.75) is 71.1 Å². The van der Waals surface area contributed by atoms with E-state index in [1.807, 2.05) is 13.0 Å². The van der Waals surface area contributed by atoms with Gasteiger partial charge in [0.25, 0.3) is 0 Å². The zero-order chi connectivity index (χ0) is 19.1. The van der Waals surface area contributed by atoms with E-state index >= 15 is 0 Å². The number of unbranched alkanes of at least 4 members (excludes halogenated alkanes) is 2. The van der Waals surface area contributed by atoms with Crippen LogP contribution in [0, 0.1) is 23.6 Å². The smallest absolute Gasteiger partial charge is 0.127 e. The lowest BCUT2D eigenvalue weighted by Crippen LogP contribution is -2.11. The monoisotopic (exact) mass is 362 g/mol. The molecule has 0 bridgehead atoms. The van der Waals surface area contributed by atoms with Gasteiger partial charge in [0.05, 0.1) is 0 Å². The molecule has 1 saturated carbocycles. The highest BCUT2D eigenvalue weighted by atomic mass is 19.1. The molecule has 1 heteroatoms. The molecule has 0 saturated heterocycles. The van der Waals surface area contributed by atoms with Gasteiger partial charge in [-0.1, -0.05) is 56.2 Å². The topological polar surface area (TPSA) is 0 Å². The number of rotatable bonds is 6. The molecular formula is C26H31F. The average molecular weight is 363 g/mol. The molecule has 1 fully saturated rings. The first-order valence-corrected chi connectivity index (χ1v) is 10.5. The summed E-state index contributed by atoms with van der Waals surface area (Å²) in [5, 5.41) is 0. The molecule has 0 heterocycles. The molecule has 0 aromatic heterocycles. The van der Waals surface area contributed by atoms with Crippen LogP contribution in [0.15, 0.2) is 42.5 Å². The van der Waals surface area contributed by atoms with Gasteiger partial charge in [-0.15, -0.1) is 11.8 Å². The Labute approximate surface area is 164 Å². The number of hydrogen-bond donors (Lipinski definition) is 0. The highest BCUT2D eigenvalue weighted by Crippen LogP contribution is 2.36. The van der Waals surface area contributed by atoms with E-state index in [4.69, 9.17) is 0 Å². The maximum absolute atomic E-state index is 14.4. The molecule has 1 aliphatic rings. The van der Waals surface area contributed by atoms with E-state index in [1.54, 1.807) is 6.07 Å². The molecule has 1 aliphatic carbocycles. The zero-order valence-corrected chi connectivity index (χ0v) is 16.7. The summed E-state index contributed by atoms with van der Waals surface area (Å²) in [6.45, 7) is 4.11. The summed E-state index contributed by atoms with van der Waals surface area (Å²) in [6.07, 6.45) is 9.09. The van der Waals surface area contributed by atoms with Crippen LogP contribution in [-0.4, -0.2) is 0 Å². The number of aryl methyl sites for hydroxylation is 1. The van der Waals surface area contributed by atoms with Crippen molar-refractivity contribution < 1.29 is 4.39 Å². The van der Waals surface area contributed by atoms with Gasteiger partial charge < -0.3 is 0 Å². The Balaban J connectivity index is 1.65. The second-order valence-electron chi connectivity index (χ2n) is 7.83. The Hall–Kier alpha value is -2.07. The van der Waals surface area contributed by atoms with Gasteiger partial charge in [-0.3, -0.25) is 0 Å². The standard InChI is InChI=1S/C26H31F/c1-3-5-6-8-24-17-18-25(19-26(24)27)23-15-13-22(14-16-23)21-11-9-20(7-4-2)10-12-21/h13-21H,3,5-6,8-12H2,1-2H3/t20-,21-. The Kier molecular flexibility index (Phi) is 7.11. The summed E-state index contributed by atoms with van der Waals surface area (Å²) in [4.78, 5) is 0. The van der Waals surface area contributed by atoms with Crippen molar-refractivity contribution in [3.05, 3.63) is 59.4 Å². The quantitative estimate of drug-likeness (QED) is 0.368. The first-order valence-electron chi connectivity index (χ1n) is 10.5. The summed E-state index contributed by atoms with van der Waals surface area (Å²) < 4.78 is 14.4. The lowest BCUT2D eigenvalue weighted by molar-refractivity contribution is 0.384. The van der Waals surface area contributed by atoms with Gasteiger partial charge in [0.2, 0.25) is 0 Å². The van der Waals surface area contributed by atoms with Crippen LogP contribution in [0.3, 0.4) is 0 Å². The first-order chi connectivity index (χ1) is 13.2. The Morgan fingerprint density at radius 2 is 1.63 bits per heavy atom. The normalized spacial score (nSPS) is 19.4. The molecule has 0 unspecified atom stereocenters. The van der Waals surface area contributed by atoms with Crippen LogP contribution in [0.4, 0.5) is 4.39 Å². The van der Waals surface area contributed by atoms with Gasteiger partial charge in [-0.25, -0.2) is 4.39 Å². The minimum atomic E-state index is -0.0666. The average Bonchev–Trinajstić information content (AvgIpc) is 2.70. The molecule has 0 atom stereocenters. The van der Waals surface area contributed by atoms with Gasteiger partial charge in [0.15, 0.2) is 0 Å². The highest BCUT2D eigenvalue weighted by molar-refractivity contribution is 5.64. The largest absolute Gasteiger partial charge is 0.207 e. The number of hydrogen-bond acceptors (Lipinski definition) is 0. The van der Waals surface area contributed by atoms with Gasteiger partial charge in [0.1, 0.15) is 5.82 Å².